The maximum absolute atomic E-state index is 12.6. The molecule has 36 heavy (non-hydrogen) atoms. The van der Waals surface area contributed by atoms with Gasteiger partial charge in [0.1, 0.15) is 6.10 Å². The number of nitrogens with zero attached hydrogens (tertiary/aromatic N) is 1. The molecule has 3 aliphatic carbocycles. The Labute approximate surface area is 208 Å². The molecule has 8 nitrogen and oxygen atoms in total. The molecule has 8 heteroatoms. The number of hydrogen-bond donors (Lipinski definition) is 4. The standard InChI is InChI=1S/C28H29N3O5/c32-19-7-6-15-12-20-28(35)9-8-18(29-17-3-1-2-16-21(17)26(34)30-25(16)33)24-27(28,22(15)23(19)36-24)10-11-31(20)13-14-4-5-14/h1-3,6-7,14,18,20,24,29,32,35H,4-5,8-13H2,(H,30,33,34)/t18-,20-,24+,27+,28?/m1/s1. The fourth-order valence-electron chi connectivity index (χ4n) is 8.17. The molecule has 0 aromatic heterocycles. The zero-order valence-electron chi connectivity index (χ0n) is 19.9. The zero-order valence-corrected chi connectivity index (χ0v) is 19.9. The Kier molecular flexibility index (Phi) is 3.98. The Bertz CT molecular complexity index is 1350. The van der Waals surface area contributed by atoms with Gasteiger partial charge in [-0.1, -0.05) is 12.1 Å². The molecule has 4 N–H and O–H groups in total. The highest BCUT2D eigenvalue weighted by atomic mass is 16.5. The van der Waals surface area contributed by atoms with Crippen molar-refractivity contribution in [2.75, 3.05) is 18.4 Å². The molecule has 1 spiro atoms. The van der Waals surface area contributed by atoms with Gasteiger partial charge in [-0.05, 0) is 74.8 Å². The van der Waals surface area contributed by atoms with Crippen molar-refractivity contribution in [3.05, 3.63) is 52.6 Å². The number of amides is 2. The van der Waals surface area contributed by atoms with Gasteiger partial charge in [0.05, 0.1) is 28.2 Å². The van der Waals surface area contributed by atoms with Crippen LogP contribution in [-0.2, 0) is 11.8 Å². The van der Waals surface area contributed by atoms with Crippen LogP contribution in [0.1, 0.15) is 63.9 Å². The van der Waals surface area contributed by atoms with E-state index in [1.807, 2.05) is 12.1 Å². The van der Waals surface area contributed by atoms with E-state index in [2.05, 4.69) is 15.5 Å². The van der Waals surface area contributed by atoms with Crippen LogP contribution in [0.25, 0.3) is 0 Å². The minimum Gasteiger partial charge on any atom is -0.504 e. The number of ether oxygens (including phenoxy) is 1. The van der Waals surface area contributed by atoms with Gasteiger partial charge >= 0.3 is 0 Å². The molecule has 3 heterocycles. The van der Waals surface area contributed by atoms with E-state index >= 15 is 0 Å². The second-order valence-electron chi connectivity index (χ2n) is 11.6. The average Bonchev–Trinajstić information content (AvgIpc) is 3.53. The number of carbonyl (C=O) groups excluding carboxylic acids is 2. The molecule has 5 atom stereocenters. The number of piperidine rings is 1. The first-order chi connectivity index (χ1) is 17.4. The van der Waals surface area contributed by atoms with Gasteiger partial charge in [-0.15, -0.1) is 0 Å². The number of carbonyl (C=O) groups is 2. The van der Waals surface area contributed by atoms with Crippen LogP contribution < -0.4 is 15.4 Å². The van der Waals surface area contributed by atoms with Crippen molar-refractivity contribution in [3.63, 3.8) is 0 Å². The Morgan fingerprint density at radius 2 is 1.97 bits per heavy atom. The monoisotopic (exact) mass is 487 g/mol. The summed E-state index contributed by atoms with van der Waals surface area (Å²) in [6.07, 6.45) is 4.92. The Hall–Kier alpha value is -3.10. The van der Waals surface area contributed by atoms with E-state index in [4.69, 9.17) is 4.74 Å². The summed E-state index contributed by atoms with van der Waals surface area (Å²) in [4.78, 5) is 27.3. The third-order valence-electron chi connectivity index (χ3n) is 9.87. The molecule has 8 rings (SSSR count). The summed E-state index contributed by atoms with van der Waals surface area (Å²) in [6.45, 7) is 1.93. The largest absolute Gasteiger partial charge is 0.504 e. The third kappa shape index (κ3) is 2.46. The molecule has 3 fully saturated rings. The van der Waals surface area contributed by atoms with Crippen molar-refractivity contribution in [1.29, 1.82) is 0 Å². The number of phenols is 1. The summed E-state index contributed by atoms with van der Waals surface area (Å²) in [7, 11) is 0. The number of anilines is 1. The van der Waals surface area contributed by atoms with E-state index in [1.54, 1.807) is 18.2 Å². The van der Waals surface area contributed by atoms with Crippen LogP contribution in [0.3, 0.4) is 0 Å². The molecule has 1 unspecified atom stereocenters. The maximum Gasteiger partial charge on any atom is 0.261 e. The first kappa shape index (κ1) is 21.0. The van der Waals surface area contributed by atoms with Gasteiger partial charge in [0.2, 0.25) is 0 Å². The van der Waals surface area contributed by atoms with Crippen LogP contribution in [0.5, 0.6) is 11.5 Å². The topological polar surface area (TPSA) is 111 Å². The van der Waals surface area contributed by atoms with Gasteiger partial charge < -0.3 is 20.3 Å². The van der Waals surface area contributed by atoms with Gasteiger partial charge in [0.25, 0.3) is 11.8 Å². The highest BCUT2D eigenvalue weighted by Crippen LogP contribution is 2.65. The van der Waals surface area contributed by atoms with Crippen LogP contribution in [0, 0.1) is 5.92 Å². The lowest BCUT2D eigenvalue weighted by atomic mass is 9.48. The summed E-state index contributed by atoms with van der Waals surface area (Å²) in [5.41, 5.74) is 1.89. The number of fused-ring (bicyclic) bond motifs is 1. The van der Waals surface area contributed by atoms with Crippen molar-refractivity contribution in [1.82, 2.24) is 10.2 Å². The Morgan fingerprint density at radius 1 is 1.11 bits per heavy atom. The summed E-state index contributed by atoms with van der Waals surface area (Å²) in [5, 5.41) is 29.3. The summed E-state index contributed by atoms with van der Waals surface area (Å²) < 4.78 is 6.60. The second-order valence-corrected chi connectivity index (χ2v) is 11.6. The minimum atomic E-state index is -0.957. The molecule has 6 aliphatic rings. The molecule has 2 amide bonds. The quantitative estimate of drug-likeness (QED) is 0.490. The lowest BCUT2D eigenvalue weighted by Gasteiger charge is -2.64. The molecular formula is C28H29N3O5. The van der Waals surface area contributed by atoms with Gasteiger partial charge in [-0.2, -0.15) is 0 Å². The number of benzene rings is 2. The van der Waals surface area contributed by atoms with E-state index in [-0.39, 0.29) is 23.7 Å². The average molecular weight is 488 g/mol. The van der Waals surface area contributed by atoms with E-state index < -0.39 is 23.0 Å². The maximum atomic E-state index is 12.6. The van der Waals surface area contributed by atoms with Crippen molar-refractivity contribution in [3.8, 4) is 11.5 Å². The predicted molar refractivity (Wildman–Crippen MR) is 130 cm³/mol. The van der Waals surface area contributed by atoms with Crippen LogP contribution in [0.15, 0.2) is 30.3 Å². The zero-order chi connectivity index (χ0) is 24.4. The summed E-state index contributed by atoms with van der Waals surface area (Å²) in [6, 6.07) is 8.80. The van der Waals surface area contributed by atoms with Gasteiger partial charge in [-0.3, -0.25) is 19.8 Å². The van der Waals surface area contributed by atoms with E-state index in [0.29, 0.717) is 35.4 Å². The molecule has 0 radical (unpaired) electrons. The molecule has 2 aromatic carbocycles. The highest BCUT2D eigenvalue weighted by Gasteiger charge is 2.73. The van der Waals surface area contributed by atoms with Crippen molar-refractivity contribution in [2.24, 2.45) is 5.92 Å². The number of imide groups is 1. The lowest BCUT2D eigenvalue weighted by Crippen LogP contribution is -2.77. The van der Waals surface area contributed by atoms with Crippen molar-refractivity contribution in [2.45, 2.75) is 67.7 Å². The van der Waals surface area contributed by atoms with E-state index in [0.717, 1.165) is 43.0 Å². The van der Waals surface area contributed by atoms with Crippen LogP contribution >= 0.6 is 0 Å². The van der Waals surface area contributed by atoms with Crippen LogP contribution in [0.2, 0.25) is 0 Å². The first-order valence-corrected chi connectivity index (χ1v) is 13.1. The third-order valence-corrected chi connectivity index (χ3v) is 9.87. The van der Waals surface area contributed by atoms with Crippen LogP contribution in [-0.4, -0.2) is 63.8 Å². The van der Waals surface area contributed by atoms with Crippen molar-refractivity contribution < 1.29 is 24.5 Å². The molecular weight excluding hydrogens is 458 g/mol. The highest BCUT2D eigenvalue weighted by molar-refractivity contribution is 6.23. The molecule has 1 saturated heterocycles. The number of nitrogens with one attached hydrogen (secondary N) is 2. The lowest BCUT2D eigenvalue weighted by molar-refractivity contribution is -0.187. The Balaban J connectivity index is 1.23. The molecule has 3 aliphatic heterocycles. The summed E-state index contributed by atoms with van der Waals surface area (Å²) in [5.74, 6) is 0.577. The van der Waals surface area contributed by atoms with Crippen molar-refractivity contribution >= 4 is 17.5 Å². The predicted octanol–water partition coefficient (Wildman–Crippen LogP) is 2.32. The number of aliphatic hydroxyl groups is 1. The van der Waals surface area contributed by atoms with Gasteiger partial charge in [0.15, 0.2) is 11.5 Å². The number of aromatic hydroxyl groups is 1. The minimum absolute atomic E-state index is 0.0197. The first-order valence-electron chi connectivity index (χ1n) is 13.1. The molecule has 2 aromatic rings. The fourth-order valence-corrected chi connectivity index (χ4v) is 8.17. The number of phenolic OH excluding ortho intramolecular Hbond substituents is 1. The molecule has 2 saturated carbocycles. The van der Waals surface area contributed by atoms with Gasteiger partial charge in [-0.25, -0.2) is 0 Å². The van der Waals surface area contributed by atoms with Gasteiger partial charge in [0, 0.05) is 23.8 Å². The normalized spacial score (nSPS) is 35.6. The van der Waals surface area contributed by atoms with Crippen LogP contribution in [0.4, 0.5) is 5.69 Å². The smallest absolute Gasteiger partial charge is 0.261 e. The molecule has 2 bridgehead atoms. The Morgan fingerprint density at radius 3 is 2.81 bits per heavy atom. The fraction of sp³-hybridized carbons (Fsp3) is 0.500. The summed E-state index contributed by atoms with van der Waals surface area (Å²) >= 11 is 0. The molecule has 186 valence electrons. The number of likely N-dealkylation sites (tertiary alicyclic amines) is 1. The van der Waals surface area contributed by atoms with E-state index in [9.17, 15) is 19.8 Å². The number of rotatable bonds is 4. The second kappa shape index (κ2) is 6.81. The number of hydrogen-bond acceptors (Lipinski definition) is 7. The van der Waals surface area contributed by atoms with E-state index in [1.165, 1.54) is 12.8 Å². The SMILES string of the molecule is O=C1NC(=O)c2c(N[C@@H]3CCC4(O)[C@H]5Cc6ccc(O)c7c6[C@@]4(CCN5CC4CC4)[C@H]3O7)cccc21.